The minimum absolute atomic E-state index is 0.130. The van der Waals surface area contributed by atoms with Crippen molar-refractivity contribution < 1.29 is 0 Å². The molecule has 0 aliphatic heterocycles. The summed E-state index contributed by atoms with van der Waals surface area (Å²) in [7, 11) is 0. The van der Waals surface area contributed by atoms with Gasteiger partial charge in [0.05, 0.1) is 5.02 Å². The Morgan fingerprint density at radius 2 is 2.00 bits per heavy atom. The van der Waals surface area contributed by atoms with Crippen molar-refractivity contribution >= 4 is 46.0 Å². The van der Waals surface area contributed by atoms with Gasteiger partial charge in [0.25, 0.3) is 5.56 Å². The lowest BCUT2D eigenvalue weighted by molar-refractivity contribution is 0.743. The maximum absolute atomic E-state index is 12.9. The zero-order chi connectivity index (χ0) is 16.6. The van der Waals surface area contributed by atoms with Crippen molar-refractivity contribution in [1.29, 1.82) is 0 Å². The monoisotopic (exact) mass is 365 g/mol. The molecule has 0 fully saturated rings. The van der Waals surface area contributed by atoms with Crippen molar-refractivity contribution in [3.8, 4) is 11.1 Å². The van der Waals surface area contributed by atoms with Crippen LogP contribution >= 0.6 is 35.0 Å². The van der Waals surface area contributed by atoms with Gasteiger partial charge in [0, 0.05) is 34.3 Å². The van der Waals surface area contributed by atoms with E-state index in [-0.39, 0.29) is 5.56 Å². The summed E-state index contributed by atoms with van der Waals surface area (Å²) in [6.07, 6.45) is 3.63. The van der Waals surface area contributed by atoms with Gasteiger partial charge in [0.15, 0.2) is 5.16 Å². The zero-order valence-electron chi connectivity index (χ0n) is 12.5. The van der Waals surface area contributed by atoms with Gasteiger partial charge in [-0.15, -0.1) is 0 Å². The van der Waals surface area contributed by atoms with Crippen LogP contribution in [0, 0.1) is 0 Å². The Morgan fingerprint density at radius 1 is 1.22 bits per heavy atom. The molecule has 23 heavy (non-hydrogen) atoms. The second kappa shape index (κ2) is 6.51. The van der Waals surface area contributed by atoms with Crippen LogP contribution in [-0.2, 0) is 6.54 Å². The smallest absolute Gasteiger partial charge is 0.260 e. The van der Waals surface area contributed by atoms with Gasteiger partial charge in [-0.3, -0.25) is 9.36 Å². The van der Waals surface area contributed by atoms with E-state index in [2.05, 4.69) is 9.97 Å². The van der Waals surface area contributed by atoms with Crippen LogP contribution in [-0.4, -0.2) is 20.8 Å². The van der Waals surface area contributed by atoms with E-state index in [9.17, 15) is 4.79 Å². The molecule has 0 unspecified atom stereocenters. The van der Waals surface area contributed by atoms with E-state index in [1.807, 2.05) is 13.2 Å². The molecule has 0 amide bonds. The van der Waals surface area contributed by atoms with Crippen molar-refractivity contribution in [3.63, 3.8) is 0 Å². The number of hydrogen-bond donors (Lipinski definition) is 0. The number of fused-ring (bicyclic) bond motifs is 1. The number of pyridine rings is 1. The molecular weight excluding hydrogens is 353 g/mol. The van der Waals surface area contributed by atoms with Crippen molar-refractivity contribution in [2.45, 2.75) is 18.6 Å². The van der Waals surface area contributed by atoms with Crippen molar-refractivity contribution in [1.82, 2.24) is 14.5 Å². The SMILES string of the molecule is CCn1c(=O)c(-c2ccc(Cl)cc2Cl)cc2cnc(SC)nc21. The molecule has 0 spiro atoms. The molecule has 0 saturated heterocycles. The molecule has 3 aromatic rings. The Kier molecular flexibility index (Phi) is 4.62. The summed E-state index contributed by atoms with van der Waals surface area (Å²) >= 11 is 13.6. The Balaban J connectivity index is 2.35. The molecule has 2 heterocycles. The molecule has 0 N–H and O–H groups in total. The molecule has 7 heteroatoms. The average Bonchev–Trinajstić information content (AvgIpc) is 2.54. The summed E-state index contributed by atoms with van der Waals surface area (Å²) in [5.41, 5.74) is 1.67. The van der Waals surface area contributed by atoms with E-state index in [4.69, 9.17) is 23.2 Å². The fourth-order valence-corrected chi connectivity index (χ4v) is 3.28. The predicted molar refractivity (Wildman–Crippen MR) is 96.7 cm³/mol. The highest BCUT2D eigenvalue weighted by Gasteiger charge is 2.14. The third-order valence-electron chi connectivity index (χ3n) is 3.52. The van der Waals surface area contributed by atoms with Gasteiger partial charge in [-0.2, -0.15) is 0 Å². The number of rotatable bonds is 3. The molecule has 2 aromatic heterocycles. The van der Waals surface area contributed by atoms with Crippen molar-refractivity contribution in [2.24, 2.45) is 0 Å². The largest absolute Gasteiger partial charge is 0.292 e. The fraction of sp³-hybridized carbons (Fsp3) is 0.188. The first-order chi connectivity index (χ1) is 11.0. The maximum Gasteiger partial charge on any atom is 0.260 e. The Labute approximate surface area is 147 Å². The zero-order valence-corrected chi connectivity index (χ0v) is 14.8. The van der Waals surface area contributed by atoms with Crippen LogP contribution in [0.4, 0.5) is 0 Å². The molecule has 0 bridgehead atoms. The van der Waals surface area contributed by atoms with Crippen LogP contribution in [0.1, 0.15) is 6.92 Å². The van der Waals surface area contributed by atoms with Gasteiger partial charge < -0.3 is 0 Å². The molecule has 0 saturated carbocycles. The van der Waals surface area contributed by atoms with E-state index in [0.29, 0.717) is 38.5 Å². The first-order valence-electron chi connectivity index (χ1n) is 6.95. The van der Waals surface area contributed by atoms with Crippen LogP contribution < -0.4 is 5.56 Å². The van der Waals surface area contributed by atoms with Crippen LogP contribution in [0.3, 0.4) is 0 Å². The molecule has 0 aliphatic carbocycles. The van der Waals surface area contributed by atoms with Gasteiger partial charge in [0.2, 0.25) is 0 Å². The third kappa shape index (κ3) is 2.96. The highest BCUT2D eigenvalue weighted by atomic mass is 35.5. The fourth-order valence-electron chi connectivity index (χ4n) is 2.44. The van der Waals surface area contributed by atoms with E-state index in [1.165, 1.54) is 11.8 Å². The molecule has 3 rings (SSSR count). The van der Waals surface area contributed by atoms with Gasteiger partial charge in [-0.05, 0) is 31.4 Å². The normalized spacial score (nSPS) is 11.1. The number of halogens is 2. The maximum atomic E-state index is 12.9. The number of hydrogen-bond acceptors (Lipinski definition) is 4. The number of aryl methyl sites for hydroxylation is 1. The quantitative estimate of drug-likeness (QED) is 0.506. The molecule has 0 atom stereocenters. The highest BCUT2D eigenvalue weighted by molar-refractivity contribution is 7.98. The average molecular weight is 366 g/mol. The standard InChI is InChI=1S/C16H13Cl2N3OS/c1-3-21-14-9(8-19-16(20-14)23-2)6-12(15(21)22)11-5-4-10(17)7-13(11)18/h4-8H,3H2,1-2H3. The third-order valence-corrected chi connectivity index (χ3v) is 4.63. The summed E-state index contributed by atoms with van der Waals surface area (Å²) in [6.45, 7) is 2.42. The van der Waals surface area contributed by atoms with E-state index >= 15 is 0 Å². The lowest BCUT2D eigenvalue weighted by Gasteiger charge is -2.12. The number of nitrogens with zero attached hydrogens (tertiary/aromatic N) is 3. The first-order valence-corrected chi connectivity index (χ1v) is 8.93. The van der Waals surface area contributed by atoms with Gasteiger partial charge in [-0.25, -0.2) is 9.97 Å². The molecule has 1 aromatic carbocycles. The highest BCUT2D eigenvalue weighted by Crippen LogP contribution is 2.30. The summed E-state index contributed by atoms with van der Waals surface area (Å²) < 4.78 is 1.64. The van der Waals surface area contributed by atoms with Crippen LogP contribution in [0.2, 0.25) is 10.0 Å². The Morgan fingerprint density at radius 3 is 2.65 bits per heavy atom. The second-order valence-corrected chi connectivity index (χ2v) is 6.48. The van der Waals surface area contributed by atoms with Gasteiger partial charge in [-0.1, -0.05) is 41.0 Å². The number of benzene rings is 1. The van der Waals surface area contributed by atoms with Gasteiger partial charge in [0.1, 0.15) is 5.65 Å². The van der Waals surface area contributed by atoms with Crippen molar-refractivity contribution in [3.05, 3.63) is 50.9 Å². The van der Waals surface area contributed by atoms with Crippen LogP contribution in [0.25, 0.3) is 22.2 Å². The molecule has 4 nitrogen and oxygen atoms in total. The molecular formula is C16H13Cl2N3OS. The molecule has 0 radical (unpaired) electrons. The van der Waals surface area contributed by atoms with E-state index in [0.717, 1.165) is 5.39 Å². The Hall–Kier alpha value is -1.56. The predicted octanol–water partition coefficient (Wildman–Crippen LogP) is 4.51. The summed E-state index contributed by atoms with van der Waals surface area (Å²) in [5, 5.41) is 2.41. The van der Waals surface area contributed by atoms with Crippen molar-refractivity contribution in [2.75, 3.05) is 6.26 Å². The number of aromatic nitrogens is 3. The molecule has 0 aliphatic rings. The first kappa shape index (κ1) is 16.3. The lowest BCUT2D eigenvalue weighted by atomic mass is 10.1. The minimum atomic E-state index is -0.130. The minimum Gasteiger partial charge on any atom is -0.292 e. The Bertz CT molecular complexity index is 956. The van der Waals surface area contributed by atoms with Gasteiger partial charge >= 0.3 is 0 Å². The lowest BCUT2D eigenvalue weighted by Crippen LogP contribution is -2.22. The van der Waals surface area contributed by atoms with E-state index < -0.39 is 0 Å². The second-order valence-electron chi connectivity index (χ2n) is 4.87. The number of thioether (sulfide) groups is 1. The van der Waals surface area contributed by atoms with E-state index in [1.54, 1.807) is 35.0 Å². The summed E-state index contributed by atoms with van der Waals surface area (Å²) in [5.74, 6) is 0. The summed E-state index contributed by atoms with van der Waals surface area (Å²) in [6, 6.07) is 6.88. The molecule has 118 valence electrons. The topological polar surface area (TPSA) is 47.8 Å². The summed E-state index contributed by atoms with van der Waals surface area (Å²) in [4.78, 5) is 21.6. The van der Waals surface area contributed by atoms with Crippen LogP contribution in [0.15, 0.2) is 40.4 Å². The van der Waals surface area contributed by atoms with Crippen LogP contribution in [0.5, 0.6) is 0 Å².